The van der Waals surface area contributed by atoms with Crippen LogP contribution in [0.3, 0.4) is 0 Å². The molecule has 2 aromatic heterocycles. The Labute approximate surface area is 207 Å². The Hall–Kier alpha value is -2.89. The normalized spacial score (nSPS) is 13.5. The van der Waals surface area contributed by atoms with E-state index in [9.17, 15) is 4.79 Å². The third-order valence-electron chi connectivity index (χ3n) is 6.94. The van der Waals surface area contributed by atoms with Crippen LogP contribution >= 0.6 is 23.1 Å². The molecule has 0 saturated carbocycles. The van der Waals surface area contributed by atoms with Gasteiger partial charge < -0.3 is 0 Å². The highest BCUT2D eigenvalue weighted by molar-refractivity contribution is 7.98. The van der Waals surface area contributed by atoms with E-state index in [1.165, 1.54) is 44.3 Å². The van der Waals surface area contributed by atoms with Gasteiger partial charge in [0.15, 0.2) is 5.16 Å². The Morgan fingerprint density at radius 1 is 0.971 bits per heavy atom. The van der Waals surface area contributed by atoms with E-state index in [4.69, 9.17) is 4.98 Å². The minimum Gasteiger partial charge on any atom is -0.268 e. The van der Waals surface area contributed by atoms with E-state index in [2.05, 4.69) is 74.5 Å². The molecule has 1 aliphatic rings. The lowest BCUT2D eigenvalue weighted by atomic mass is 9.97. The van der Waals surface area contributed by atoms with E-state index in [1.807, 2.05) is 4.57 Å². The zero-order valence-electron chi connectivity index (χ0n) is 19.4. The molecule has 0 unspecified atom stereocenters. The van der Waals surface area contributed by atoms with Crippen molar-refractivity contribution in [3.63, 3.8) is 0 Å². The molecule has 170 valence electrons. The average molecular weight is 483 g/mol. The highest BCUT2D eigenvalue weighted by Crippen LogP contribution is 2.36. The molecule has 34 heavy (non-hydrogen) atoms. The molecule has 6 rings (SSSR count). The Morgan fingerprint density at radius 2 is 1.79 bits per heavy atom. The van der Waals surface area contributed by atoms with Gasteiger partial charge in [0.1, 0.15) is 4.83 Å². The predicted octanol–water partition coefficient (Wildman–Crippen LogP) is 7.39. The summed E-state index contributed by atoms with van der Waals surface area (Å²) in [4.78, 5) is 21.4. The average Bonchev–Trinajstić information content (AvgIpc) is 3.23. The van der Waals surface area contributed by atoms with Crippen molar-refractivity contribution in [3.8, 4) is 5.69 Å². The monoisotopic (exact) mass is 482 g/mol. The molecular formula is C29H26N2OS2. The molecule has 0 bridgehead atoms. The number of hydrogen-bond acceptors (Lipinski definition) is 4. The van der Waals surface area contributed by atoms with Gasteiger partial charge >= 0.3 is 0 Å². The minimum atomic E-state index is 0.0769. The molecule has 2 heterocycles. The number of aromatic nitrogens is 2. The van der Waals surface area contributed by atoms with Crippen molar-refractivity contribution in [1.82, 2.24) is 9.55 Å². The molecule has 0 spiro atoms. The lowest BCUT2D eigenvalue weighted by Gasteiger charge is -2.15. The maximum absolute atomic E-state index is 14.0. The summed E-state index contributed by atoms with van der Waals surface area (Å²) in [5, 5.41) is 4.10. The molecule has 3 aromatic carbocycles. The van der Waals surface area contributed by atoms with Gasteiger partial charge in [-0.1, -0.05) is 60.3 Å². The summed E-state index contributed by atoms with van der Waals surface area (Å²) in [6, 6.07) is 21.2. The van der Waals surface area contributed by atoms with Crippen LogP contribution in [-0.4, -0.2) is 9.55 Å². The molecule has 0 radical (unpaired) electrons. The van der Waals surface area contributed by atoms with E-state index < -0.39 is 0 Å². The summed E-state index contributed by atoms with van der Waals surface area (Å²) in [5.74, 6) is 0.759. The number of thioether (sulfide) groups is 1. The van der Waals surface area contributed by atoms with Gasteiger partial charge in [0.05, 0.1) is 11.1 Å². The first kappa shape index (κ1) is 21.6. The topological polar surface area (TPSA) is 34.9 Å². The van der Waals surface area contributed by atoms with Gasteiger partial charge in [-0.15, -0.1) is 11.3 Å². The molecule has 0 aliphatic heterocycles. The zero-order valence-corrected chi connectivity index (χ0v) is 21.1. The first-order chi connectivity index (χ1) is 16.6. The molecule has 0 amide bonds. The molecule has 0 atom stereocenters. The number of aryl methyl sites for hydroxylation is 4. The van der Waals surface area contributed by atoms with Crippen molar-refractivity contribution in [3.05, 3.63) is 98.1 Å². The fraction of sp³-hybridized carbons (Fsp3) is 0.241. The summed E-state index contributed by atoms with van der Waals surface area (Å²) >= 11 is 3.38. The van der Waals surface area contributed by atoms with Gasteiger partial charge in [-0.2, -0.15) is 0 Å². The molecule has 0 saturated heterocycles. The lowest BCUT2D eigenvalue weighted by molar-refractivity contribution is 0.699. The number of hydrogen-bond donors (Lipinski definition) is 0. The highest BCUT2D eigenvalue weighted by Gasteiger charge is 2.23. The van der Waals surface area contributed by atoms with Crippen LogP contribution < -0.4 is 5.56 Å². The second kappa shape index (κ2) is 8.71. The number of benzene rings is 3. The SMILES string of the molecule is Cc1ccc(-n2c(SCc3cccc4ccccc34)nc3sc4c(c3c2=O)CCCC4)cc1C. The third-order valence-corrected chi connectivity index (χ3v) is 9.12. The number of rotatable bonds is 4. The predicted molar refractivity (Wildman–Crippen MR) is 145 cm³/mol. The molecule has 1 aliphatic carbocycles. The van der Waals surface area contributed by atoms with Gasteiger partial charge in [0.2, 0.25) is 0 Å². The van der Waals surface area contributed by atoms with Crippen LogP contribution in [0.4, 0.5) is 0 Å². The van der Waals surface area contributed by atoms with E-state index >= 15 is 0 Å². The second-order valence-corrected chi connectivity index (χ2v) is 11.1. The highest BCUT2D eigenvalue weighted by atomic mass is 32.2. The lowest BCUT2D eigenvalue weighted by Crippen LogP contribution is -2.22. The molecule has 5 aromatic rings. The fourth-order valence-electron chi connectivity index (χ4n) is 4.94. The van der Waals surface area contributed by atoms with Gasteiger partial charge in [0, 0.05) is 10.6 Å². The number of nitrogens with zero attached hydrogens (tertiary/aromatic N) is 2. The van der Waals surface area contributed by atoms with E-state index in [0.717, 1.165) is 46.1 Å². The Balaban J connectivity index is 1.52. The van der Waals surface area contributed by atoms with Gasteiger partial charge in [0.25, 0.3) is 5.56 Å². The summed E-state index contributed by atoms with van der Waals surface area (Å²) in [6.45, 7) is 4.21. The number of thiophene rings is 1. The molecule has 0 fully saturated rings. The first-order valence-electron chi connectivity index (χ1n) is 11.8. The first-order valence-corrected chi connectivity index (χ1v) is 13.6. The van der Waals surface area contributed by atoms with Crippen LogP contribution in [0.25, 0.3) is 26.7 Å². The quantitative estimate of drug-likeness (QED) is 0.198. The molecule has 5 heteroatoms. The largest absolute Gasteiger partial charge is 0.268 e. The van der Waals surface area contributed by atoms with Crippen molar-refractivity contribution in [1.29, 1.82) is 0 Å². The van der Waals surface area contributed by atoms with E-state index in [1.54, 1.807) is 23.1 Å². The van der Waals surface area contributed by atoms with Crippen LogP contribution in [-0.2, 0) is 18.6 Å². The Kier molecular flexibility index (Phi) is 5.54. The Bertz CT molecular complexity index is 1610. The fourth-order valence-corrected chi connectivity index (χ4v) is 7.26. The van der Waals surface area contributed by atoms with Crippen LogP contribution in [0, 0.1) is 13.8 Å². The van der Waals surface area contributed by atoms with Gasteiger partial charge in [-0.3, -0.25) is 9.36 Å². The minimum absolute atomic E-state index is 0.0769. The second-order valence-electron chi connectivity index (χ2n) is 9.12. The van der Waals surface area contributed by atoms with Crippen molar-refractivity contribution in [2.45, 2.75) is 50.4 Å². The van der Waals surface area contributed by atoms with Crippen LogP contribution in [0.2, 0.25) is 0 Å². The summed E-state index contributed by atoms with van der Waals surface area (Å²) in [5.41, 5.74) is 5.89. The van der Waals surface area contributed by atoms with E-state index in [-0.39, 0.29) is 5.56 Å². The zero-order chi connectivity index (χ0) is 23.2. The summed E-state index contributed by atoms with van der Waals surface area (Å²) in [7, 11) is 0. The summed E-state index contributed by atoms with van der Waals surface area (Å²) < 4.78 is 1.85. The van der Waals surface area contributed by atoms with Crippen LogP contribution in [0.1, 0.15) is 40.0 Å². The van der Waals surface area contributed by atoms with Crippen LogP contribution in [0.15, 0.2) is 70.6 Å². The molecular weight excluding hydrogens is 456 g/mol. The maximum atomic E-state index is 14.0. The number of fused-ring (bicyclic) bond motifs is 4. The van der Waals surface area contributed by atoms with Crippen molar-refractivity contribution in [2.75, 3.05) is 0 Å². The van der Waals surface area contributed by atoms with E-state index in [0.29, 0.717) is 0 Å². The molecule has 0 N–H and O–H groups in total. The standard InChI is InChI=1S/C29H26N2OS2/c1-18-14-15-22(16-19(18)2)31-28(32)26-24-12-5-6-13-25(24)34-27(26)30-29(31)33-17-21-10-7-9-20-8-3-4-11-23(20)21/h3-4,7-11,14-16H,5-6,12-13,17H2,1-2H3. The maximum Gasteiger partial charge on any atom is 0.267 e. The van der Waals surface area contributed by atoms with Gasteiger partial charge in [-0.25, -0.2) is 4.98 Å². The summed E-state index contributed by atoms with van der Waals surface area (Å²) in [6.07, 6.45) is 4.41. The Morgan fingerprint density at radius 3 is 2.68 bits per heavy atom. The molecule has 3 nitrogen and oxygen atoms in total. The third kappa shape index (κ3) is 3.68. The van der Waals surface area contributed by atoms with Crippen molar-refractivity contribution >= 4 is 44.1 Å². The van der Waals surface area contributed by atoms with Crippen molar-refractivity contribution in [2.24, 2.45) is 0 Å². The van der Waals surface area contributed by atoms with Crippen molar-refractivity contribution < 1.29 is 0 Å². The van der Waals surface area contributed by atoms with Crippen LogP contribution in [0.5, 0.6) is 0 Å². The van der Waals surface area contributed by atoms with Gasteiger partial charge in [-0.05, 0) is 84.7 Å². The smallest absolute Gasteiger partial charge is 0.267 e.